The fraction of sp³-hybridized carbons (Fsp3) is 0.533. The Kier molecular flexibility index (Phi) is 3.17. The van der Waals surface area contributed by atoms with Crippen LogP contribution in [0.15, 0.2) is 18.2 Å². The largest absolute Gasteiger partial charge is 0.367 e. The van der Waals surface area contributed by atoms with Gasteiger partial charge in [-0.1, -0.05) is 30.9 Å². The lowest BCUT2D eigenvalue weighted by atomic mass is 9.78. The van der Waals surface area contributed by atoms with Gasteiger partial charge in [-0.25, -0.2) is 0 Å². The minimum atomic E-state index is -0.0125. The molecule has 1 amide bonds. The monoisotopic (exact) mass is 278 g/mol. The molecule has 102 valence electrons. The van der Waals surface area contributed by atoms with Crippen molar-refractivity contribution in [2.45, 2.75) is 44.1 Å². The van der Waals surface area contributed by atoms with Crippen molar-refractivity contribution in [1.29, 1.82) is 0 Å². The van der Waals surface area contributed by atoms with Crippen molar-refractivity contribution in [1.82, 2.24) is 0 Å². The SMILES string of the molecule is CN1c2ccc(Cl)cc2NC(=O)CC12CCCCC2. The molecule has 1 aliphatic heterocycles. The van der Waals surface area contributed by atoms with Gasteiger partial charge in [0, 0.05) is 17.6 Å². The Labute approximate surface area is 118 Å². The summed E-state index contributed by atoms with van der Waals surface area (Å²) >= 11 is 6.03. The van der Waals surface area contributed by atoms with E-state index in [0.29, 0.717) is 11.4 Å². The molecule has 0 aromatic heterocycles. The maximum Gasteiger partial charge on any atom is 0.226 e. The second kappa shape index (κ2) is 4.71. The second-order valence-corrected chi connectivity index (χ2v) is 6.17. The van der Waals surface area contributed by atoms with Crippen LogP contribution in [0.2, 0.25) is 5.02 Å². The fourth-order valence-corrected chi connectivity index (χ4v) is 3.66. The number of fused-ring (bicyclic) bond motifs is 1. The van der Waals surface area contributed by atoms with Gasteiger partial charge in [0.15, 0.2) is 0 Å². The number of nitrogens with one attached hydrogen (secondary N) is 1. The maximum absolute atomic E-state index is 12.2. The molecule has 1 saturated carbocycles. The van der Waals surface area contributed by atoms with Gasteiger partial charge in [0.05, 0.1) is 17.8 Å². The highest BCUT2D eigenvalue weighted by Gasteiger charge is 2.40. The lowest BCUT2D eigenvalue weighted by Gasteiger charge is -2.44. The molecule has 3 rings (SSSR count). The molecular weight excluding hydrogens is 260 g/mol. The molecule has 19 heavy (non-hydrogen) atoms. The van der Waals surface area contributed by atoms with Gasteiger partial charge in [-0.05, 0) is 31.0 Å². The van der Waals surface area contributed by atoms with Crippen molar-refractivity contribution in [3.63, 3.8) is 0 Å². The smallest absolute Gasteiger partial charge is 0.226 e. The second-order valence-electron chi connectivity index (χ2n) is 5.73. The van der Waals surface area contributed by atoms with E-state index in [4.69, 9.17) is 11.6 Å². The van der Waals surface area contributed by atoms with Crippen molar-refractivity contribution >= 4 is 28.9 Å². The number of hydrogen-bond donors (Lipinski definition) is 1. The number of nitrogens with zero attached hydrogens (tertiary/aromatic N) is 1. The summed E-state index contributed by atoms with van der Waals surface area (Å²) < 4.78 is 0. The first kappa shape index (κ1) is 12.8. The Bertz CT molecular complexity index is 509. The van der Waals surface area contributed by atoms with Gasteiger partial charge in [0.1, 0.15) is 0 Å². The summed E-state index contributed by atoms with van der Waals surface area (Å²) in [6.45, 7) is 0. The van der Waals surface area contributed by atoms with Gasteiger partial charge in [0.25, 0.3) is 0 Å². The Morgan fingerprint density at radius 2 is 2.00 bits per heavy atom. The normalized spacial score (nSPS) is 21.8. The van der Waals surface area contributed by atoms with Gasteiger partial charge < -0.3 is 10.2 Å². The van der Waals surface area contributed by atoms with E-state index in [0.717, 1.165) is 24.2 Å². The van der Waals surface area contributed by atoms with E-state index in [2.05, 4.69) is 17.3 Å². The Hall–Kier alpha value is -1.22. The Morgan fingerprint density at radius 1 is 1.26 bits per heavy atom. The Balaban J connectivity index is 2.06. The van der Waals surface area contributed by atoms with Crippen molar-refractivity contribution in [2.24, 2.45) is 0 Å². The summed E-state index contributed by atoms with van der Waals surface area (Å²) in [7, 11) is 2.11. The summed E-state index contributed by atoms with van der Waals surface area (Å²) in [6.07, 6.45) is 6.47. The average molecular weight is 279 g/mol. The molecule has 1 spiro atoms. The zero-order chi connectivity index (χ0) is 13.5. The van der Waals surface area contributed by atoms with Crippen LogP contribution in [0.1, 0.15) is 38.5 Å². The van der Waals surface area contributed by atoms with Crippen LogP contribution in [0.25, 0.3) is 0 Å². The Morgan fingerprint density at radius 3 is 2.74 bits per heavy atom. The highest BCUT2D eigenvalue weighted by atomic mass is 35.5. The third kappa shape index (κ3) is 2.20. The van der Waals surface area contributed by atoms with Crippen LogP contribution < -0.4 is 10.2 Å². The van der Waals surface area contributed by atoms with Crippen LogP contribution >= 0.6 is 11.6 Å². The minimum Gasteiger partial charge on any atom is -0.367 e. The average Bonchev–Trinajstić information content (AvgIpc) is 2.47. The molecule has 1 aliphatic carbocycles. The molecule has 1 heterocycles. The van der Waals surface area contributed by atoms with Crippen LogP contribution in [0.5, 0.6) is 0 Å². The molecule has 3 nitrogen and oxygen atoms in total. The van der Waals surface area contributed by atoms with Crippen LogP contribution in [0.4, 0.5) is 11.4 Å². The van der Waals surface area contributed by atoms with Crippen molar-refractivity contribution in [3.8, 4) is 0 Å². The molecule has 0 atom stereocenters. The van der Waals surface area contributed by atoms with E-state index in [-0.39, 0.29) is 11.4 Å². The third-order valence-corrected chi connectivity index (χ3v) is 4.81. The molecule has 0 radical (unpaired) electrons. The predicted octanol–water partition coefficient (Wildman–Crippen LogP) is 3.82. The highest BCUT2D eigenvalue weighted by molar-refractivity contribution is 6.31. The predicted molar refractivity (Wildman–Crippen MR) is 78.9 cm³/mol. The molecule has 1 fully saturated rings. The fourth-order valence-electron chi connectivity index (χ4n) is 3.49. The van der Waals surface area contributed by atoms with E-state index in [1.807, 2.05) is 18.2 Å². The summed E-state index contributed by atoms with van der Waals surface area (Å²) in [5.74, 6) is 0.106. The van der Waals surface area contributed by atoms with Gasteiger partial charge >= 0.3 is 0 Å². The van der Waals surface area contributed by atoms with Crippen molar-refractivity contribution in [2.75, 3.05) is 17.3 Å². The van der Waals surface area contributed by atoms with Crippen molar-refractivity contribution < 1.29 is 4.79 Å². The van der Waals surface area contributed by atoms with E-state index in [1.54, 1.807) is 0 Å². The van der Waals surface area contributed by atoms with Crippen LogP contribution in [-0.2, 0) is 4.79 Å². The molecule has 2 aliphatic rings. The van der Waals surface area contributed by atoms with Gasteiger partial charge in [0.2, 0.25) is 5.91 Å². The molecule has 0 saturated heterocycles. The molecule has 4 heteroatoms. The lowest BCUT2D eigenvalue weighted by molar-refractivity contribution is -0.117. The van der Waals surface area contributed by atoms with E-state index in [9.17, 15) is 4.79 Å². The number of halogens is 1. The lowest BCUT2D eigenvalue weighted by Crippen LogP contribution is -2.49. The van der Waals surface area contributed by atoms with Crippen molar-refractivity contribution in [3.05, 3.63) is 23.2 Å². The quantitative estimate of drug-likeness (QED) is 0.782. The van der Waals surface area contributed by atoms with Gasteiger partial charge in [-0.2, -0.15) is 0 Å². The number of benzene rings is 1. The summed E-state index contributed by atoms with van der Waals surface area (Å²) in [4.78, 5) is 14.5. The third-order valence-electron chi connectivity index (χ3n) is 4.58. The summed E-state index contributed by atoms with van der Waals surface area (Å²) in [5.41, 5.74) is 1.90. The first-order valence-electron chi connectivity index (χ1n) is 6.94. The number of rotatable bonds is 0. The number of carbonyl (C=O) groups excluding carboxylic acids is 1. The minimum absolute atomic E-state index is 0.0125. The van der Waals surface area contributed by atoms with E-state index in [1.165, 1.54) is 19.3 Å². The van der Waals surface area contributed by atoms with E-state index >= 15 is 0 Å². The molecular formula is C15H19ClN2O. The number of carbonyl (C=O) groups is 1. The molecule has 1 N–H and O–H groups in total. The summed E-state index contributed by atoms with van der Waals surface area (Å²) in [5, 5.41) is 3.66. The molecule has 1 aromatic rings. The summed E-state index contributed by atoms with van der Waals surface area (Å²) in [6, 6.07) is 5.75. The number of anilines is 2. The topological polar surface area (TPSA) is 32.3 Å². The van der Waals surface area contributed by atoms with E-state index < -0.39 is 0 Å². The first-order valence-corrected chi connectivity index (χ1v) is 7.32. The zero-order valence-corrected chi connectivity index (χ0v) is 12.0. The molecule has 0 bridgehead atoms. The zero-order valence-electron chi connectivity index (χ0n) is 11.2. The van der Waals surface area contributed by atoms with Crippen LogP contribution in [-0.4, -0.2) is 18.5 Å². The molecule has 1 aromatic carbocycles. The van der Waals surface area contributed by atoms with Gasteiger partial charge in [-0.3, -0.25) is 4.79 Å². The number of hydrogen-bond acceptors (Lipinski definition) is 2. The number of amides is 1. The maximum atomic E-state index is 12.2. The van der Waals surface area contributed by atoms with Crippen LogP contribution in [0.3, 0.4) is 0 Å². The van der Waals surface area contributed by atoms with Crippen LogP contribution in [0, 0.1) is 0 Å². The van der Waals surface area contributed by atoms with Gasteiger partial charge in [-0.15, -0.1) is 0 Å². The molecule has 0 unspecified atom stereocenters. The standard InChI is InChI=1S/C15H19ClN2O/c1-18-13-6-5-11(16)9-12(13)17-14(19)10-15(18)7-3-2-4-8-15/h5-6,9H,2-4,7-8,10H2,1H3,(H,17,19). The highest BCUT2D eigenvalue weighted by Crippen LogP contribution is 2.43. The first-order chi connectivity index (χ1) is 9.11.